The van der Waals surface area contributed by atoms with Gasteiger partial charge in [-0.25, -0.2) is 0 Å². The first-order chi connectivity index (χ1) is 8.79. The lowest BCUT2D eigenvalue weighted by Gasteiger charge is -2.05. The van der Waals surface area contributed by atoms with Crippen LogP contribution in [0.4, 0.5) is 0 Å². The topological polar surface area (TPSA) is 60.8 Å². The summed E-state index contributed by atoms with van der Waals surface area (Å²) in [6.07, 6.45) is 2.20. The number of hydrogen-bond donors (Lipinski definition) is 0. The SMILES string of the molecule is CCCCOc1ccc(-c2nnc(C)nn2)cc1. The largest absolute Gasteiger partial charge is 0.494 e. The molecule has 2 aromatic rings. The van der Waals surface area contributed by atoms with E-state index in [0.717, 1.165) is 30.8 Å². The fraction of sp³-hybridized carbons (Fsp3) is 0.385. The zero-order valence-corrected chi connectivity index (χ0v) is 10.6. The van der Waals surface area contributed by atoms with E-state index < -0.39 is 0 Å². The minimum atomic E-state index is 0.528. The fourth-order valence-electron chi connectivity index (χ4n) is 1.43. The van der Waals surface area contributed by atoms with Gasteiger partial charge < -0.3 is 4.74 Å². The Balaban J connectivity index is 2.05. The fourth-order valence-corrected chi connectivity index (χ4v) is 1.43. The van der Waals surface area contributed by atoms with Crippen LogP contribution in [0.25, 0.3) is 11.4 Å². The van der Waals surface area contributed by atoms with Crippen molar-refractivity contribution in [1.82, 2.24) is 20.4 Å². The van der Waals surface area contributed by atoms with Crippen LogP contribution in [0.5, 0.6) is 5.75 Å². The third-order valence-corrected chi connectivity index (χ3v) is 2.46. The van der Waals surface area contributed by atoms with E-state index in [2.05, 4.69) is 27.3 Å². The molecule has 0 amide bonds. The number of hydrogen-bond acceptors (Lipinski definition) is 5. The van der Waals surface area contributed by atoms with E-state index in [9.17, 15) is 0 Å². The second kappa shape index (κ2) is 6.05. The summed E-state index contributed by atoms with van der Waals surface area (Å²) in [5.41, 5.74) is 0.887. The van der Waals surface area contributed by atoms with Gasteiger partial charge in [0.25, 0.3) is 0 Å². The minimum absolute atomic E-state index is 0.528. The number of nitrogens with zero attached hydrogens (tertiary/aromatic N) is 4. The molecule has 0 fully saturated rings. The van der Waals surface area contributed by atoms with Gasteiger partial charge in [0.2, 0.25) is 5.82 Å². The Hall–Kier alpha value is -2.04. The lowest BCUT2D eigenvalue weighted by Crippen LogP contribution is -1.99. The van der Waals surface area contributed by atoms with Crippen LogP contribution in [0, 0.1) is 6.92 Å². The van der Waals surface area contributed by atoms with Gasteiger partial charge in [0.05, 0.1) is 6.61 Å². The van der Waals surface area contributed by atoms with Gasteiger partial charge in [-0.3, -0.25) is 0 Å². The maximum Gasteiger partial charge on any atom is 0.203 e. The third kappa shape index (κ3) is 3.23. The molecule has 0 aliphatic rings. The average Bonchev–Trinajstić information content (AvgIpc) is 2.41. The van der Waals surface area contributed by atoms with E-state index in [1.165, 1.54) is 0 Å². The van der Waals surface area contributed by atoms with Gasteiger partial charge in [0, 0.05) is 5.56 Å². The molecule has 0 saturated heterocycles. The highest BCUT2D eigenvalue weighted by atomic mass is 16.5. The monoisotopic (exact) mass is 244 g/mol. The molecule has 0 unspecified atom stereocenters. The molecular formula is C13H16N4O. The van der Waals surface area contributed by atoms with Crippen LogP contribution < -0.4 is 4.74 Å². The first-order valence-electron chi connectivity index (χ1n) is 6.07. The summed E-state index contributed by atoms with van der Waals surface area (Å²) in [5.74, 6) is 1.96. The van der Waals surface area contributed by atoms with Crippen LogP contribution in [0.1, 0.15) is 25.6 Å². The molecule has 1 aromatic carbocycles. The molecular weight excluding hydrogens is 228 g/mol. The number of rotatable bonds is 5. The summed E-state index contributed by atoms with van der Waals surface area (Å²) >= 11 is 0. The van der Waals surface area contributed by atoms with Gasteiger partial charge in [-0.2, -0.15) is 0 Å². The molecule has 0 bridgehead atoms. The Morgan fingerprint density at radius 3 is 2.28 bits per heavy atom. The number of benzene rings is 1. The van der Waals surface area contributed by atoms with Crippen LogP contribution in [0.2, 0.25) is 0 Å². The molecule has 18 heavy (non-hydrogen) atoms. The molecule has 0 aliphatic heterocycles. The van der Waals surface area contributed by atoms with E-state index in [4.69, 9.17) is 4.74 Å². The molecule has 1 heterocycles. The van der Waals surface area contributed by atoms with Crippen LogP contribution in [0.3, 0.4) is 0 Å². The summed E-state index contributed by atoms with van der Waals surface area (Å²) in [7, 11) is 0. The Kier molecular flexibility index (Phi) is 4.17. The van der Waals surface area contributed by atoms with Crippen molar-refractivity contribution in [3.8, 4) is 17.1 Å². The number of unbranched alkanes of at least 4 members (excludes halogenated alkanes) is 1. The summed E-state index contributed by atoms with van der Waals surface area (Å²) in [5, 5.41) is 15.7. The van der Waals surface area contributed by atoms with Crippen LogP contribution in [-0.2, 0) is 0 Å². The molecule has 0 aliphatic carbocycles. The van der Waals surface area contributed by atoms with Crippen molar-refractivity contribution >= 4 is 0 Å². The van der Waals surface area contributed by atoms with E-state index in [-0.39, 0.29) is 0 Å². The molecule has 1 aromatic heterocycles. The van der Waals surface area contributed by atoms with Crippen LogP contribution in [0.15, 0.2) is 24.3 Å². The van der Waals surface area contributed by atoms with Crippen LogP contribution >= 0.6 is 0 Å². The summed E-state index contributed by atoms with van der Waals surface area (Å²) < 4.78 is 5.58. The number of aryl methyl sites for hydroxylation is 1. The normalized spacial score (nSPS) is 10.3. The molecule has 0 spiro atoms. The molecule has 0 N–H and O–H groups in total. The van der Waals surface area contributed by atoms with Gasteiger partial charge in [0.1, 0.15) is 5.75 Å². The zero-order valence-electron chi connectivity index (χ0n) is 10.6. The van der Waals surface area contributed by atoms with E-state index in [1.54, 1.807) is 6.92 Å². The maximum atomic E-state index is 5.58. The van der Waals surface area contributed by atoms with Crippen molar-refractivity contribution in [2.75, 3.05) is 6.61 Å². The predicted molar refractivity (Wildman–Crippen MR) is 68.2 cm³/mol. The van der Waals surface area contributed by atoms with Gasteiger partial charge in [0.15, 0.2) is 5.82 Å². The highest BCUT2D eigenvalue weighted by Gasteiger charge is 2.03. The predicted octanol–water partition coefficient (Wildman–Crippen LogP) is 2.42. The number of aromatic nitrogens is 4. The first kappa shape index (κ1) is 12.4. The highest BCUT2D eigenvalue weighted by Crippen LogP contribution is 2.18. The van der Waals surface area contributed by atoms with Gasteiger partial charge in [-0.1, -0.05) is 13.3 Å². The van der Waals surface area contributed by atoms with Crippen LogP contribution in [-0.4, -0.2) is 27.0 Å². The van der Waals surface area contributed by atoms with Crippen molar-refractivity contribution in [3.63, 3.8) is 0 Å². The molecule has 2 rings (SSSR count). The Bertz CT molecular complexity index is 481. The molecule has 0 saturated carbocycles. The van der Waals surface area contributed by atoms with E-state index in [0.29, 0.717) is 11.6 Å². The van der Waals surface area contributed by atoms with Crippen molar-refractivity contribution in [2.24, 2.45) is 0 Å². The second-order valence-electron chi connectivity index (χ2n) is 4.00. The minimum Gasteiger partial charge on any atom is -0.494 e. The standard InChI is InChI=1S/C13H16N4O/c1-3-4-9-18-12-7-5-11(6-8-12)13-16-14-10(2)15-17-13/h5-8H,3-4,9H2,1-2H3. The lowest BCUT2D eigenvalue weighted by molar-refractivity contribution is 0.309. The lowest BCUT2D eigenvalue weighted by atomic mass is 10.2. The Morgan fingerprint density at radius 1 is 1.00 bits per heavy atom. The molecule has 5 heteroatoms. The smallest absolute Gasteiger partial charge is 0.203 e. The van der Waals surface area contributed by atoms with Crippen molar-refractivity contribution in [1.29, 1.82) is 0 Å². The van der Waals surface area contributed by atoms with E-state index in [1.807, 2.05) is 24.3 Å². The summed E-state index contributed by atoms with van der Waals surface area (Å²) in [6.45, 7) is 4.65. The first-order valence-corrected chi connectivity index (χ1v) is 6.07. The van der Waals surface area contributed by atoms with Gasteiger partial charge >= 0.3 is 0 Å². The van der Waals surface area contributed by atoms with Gasteiger partial charge in [-0.15, -0.1) is 20.4 Å². The highest BCUT2D eigenvalue weighted by molar-refractivity contribution is 5.54. The summed E-state index contributed by atoms with van der Waals surface area (Å²) in [6, 6.07) is 7.65. The zero-order chi connectivity index (χ0) is 12.8. The summed E-state index contributed by atoms with van der Waals surface area (Å²) in [4.78, 5) is 0. The maximum absolute atomic E-state index is 5.58. The van der Waals surface area contributed by atoms with Crippen molar-refractivity contribution < 1.29 is 4.74 Å². The number of ether oxygens (including phenoxy) is 1. The third-order valence-electron chi connectivity index (χ3n) is 2.46. The molecule has 94 valence electrons. The van der Waals surface area contributed by atoms with E-state index >= 15 is 0 Å². The molecule has 0 atom stereocenters. The average molecular weight is 244 g/mol. The van der Waals surface area contributed by atoms with Crippen molar-refractivity contribution in [3.05, 3.63) is 30.1 Å². The molecule has 0 radical (unpaired) electrons. The van der Waals surface area contributed by atoms with Gasteiger partial charge in [-0.05, 0) is 37.6 Å². The quantitative estimate of drug-likeness (QED) is 0.756. The van der Waals surface area contributed by atoms with Crippen molar-refractivity contribution in [2.45, 2.75) is 26.7 Å². The Labute approximate surface area is 106 Å². The molecule has 5 nitrogen and oxygen atoms in total. The second-order valence-corrected chi connectivity index (χ2v) is 4.00. The Morgan fingerprint density at radius 2 is 1.67 bits per heavy atom.